The van der Waals surface area contributed by atoms with E-state index in [4.69, 9.17) is 10.5 Å². The average Bonchev–Trinajstić information content (AvgIpc) is 2.30. The molecule has 1 aromatic carbocycles. The predicted molar refractivity (Wildman–Crippen MR) is 74.4 cm³/mol. The topological polar surface area (TPSA) is 35.2 Å². The summed E-state index contributed by atoms with van der Waals surface area (Å²) >= 11 is 0. The van der Waals surface area contributed by atoms with E-state index in [1.807, 2.05) is 25.1 Å². The molecule has 0 saturated heterocycles. The van der Waals surface area contributed by atoms with E-state index >= 15 is 0 Å². The third-order valence-corrected chi connectivity index (χ3v) is 3.04. The van der Waals surface area contributed by atoms with Crippen molar-refractivity contribution in [1.82, 2.24) is 0 Å². The molecule has 0 heterocycles. The first-order chi connectivity index (χ1) is 8.13. The van der Waals surface area contributed by atoms with E-state index in [1.165, 1.54) is 25.7 Å². The summed E-state index contributed by atoms with van der Waals surface area (Å²) in [4.78, 5) is 0. The minimum atomic E-state index is 0.287. The number of hydrogen-bond donors (Lipinski definition) is 1. The number of benzene rings is 1. The van der Waals surface area contributed by atoms with E-state index in [0.717, 1.165) is 23.4 Å². The molecule has 2 N–H and O–H groups in total. The zero-order chi connectivity index (χ0) is 12.7. The monoisotopic (exact) mass is 235 g/mol. The van der Waals surface area contributed by atoms with Crippen LogP contribution >= 0.6 is 0 Å². The standard InChI is InChI=1S/C15H25NO/c1-4-5-6-7-8-13(3)17-14-9-10-15(16)12(2)11-14/h9-11,13H,4-8,16H2,1-3H3. The van der Waals surface area contributed by atoms with Gasteiger partial charge in [-0.15, -0.1) is 0 Å². The Kier molecular flexibility index (Phi) is 5.88. The number of rotatable bonds is 7. The van der Waals surface area contributed by atoms with Gasteiger partial charge in [-0.1, -0.05) is 26.2 Å². The van der Waals surface area contributed by atoms with Crippen LogP contribution in [0, 0.1) is 6.92 Å². The second kappa shape index (κ2) is 7.21. The van der Waals surface area contributed by atoms with Crippen LogP contribution in [0.15, 0.2) is 18.2 Å². The first kappa shape index (κ1) is 13.9. The molecule has 0 fully saturated rings. The zero-order valence-electron chi connectivity index (χ0n) is 11.3. The molecule has 17 heavy (non-hydrogen) atoms. The van der Waals surface area contributed by atoms with Crippen LogP contribution in [-0.2, 0) is 0 Å². The summed E-state index contributed by atoms with van der Waals surface area (Å²) in [6.45, 7) is 6.38. The highest BCUT2D eigenvalue weighted by molar-refractivity contribution is 5.49. The third-order valence-electron chi connectivity index (χ3n) is 3.04. The molecule has 1 unspecified atom stereocenters. The number of aryl methyl sites for hydroxylation is 1. The lowest BCUT2D eigenvalue weighted by molar-refractivity contribution is 0.206. The van der Waals surface area contributed by atoms with E-state index in [0.29, 0.717) is 0 Å². The second-order valence-corrected chi connectivity index (χ2v) is 4.80. The van der Waals surface area contributed by atoms with Crippen LogP contribution in [0.4, 0.5) is 5.69 Å². The molecule has 2 nitrogen and oxygen atoms in total. The lowest BCUT2D eigenvalue weighted by Crippen LogP contribution is -2.11. The van der Waals surface area contributed by atoms with Gasteiger partial charge in [-0.2, -0.15) is 0 Å². The Morgan fingerprint density at radius 2 is 2.00 bits per heavy atom. The molecule has 2 heteroatoms. The van der Waals surface area contributed by atoms with Crippen LogP contribution in [0.3, 0.4) is 0 Å². The molecular formula is C15H25NO. The molecule has 0 radical (unpaired) electrons. The Hall–Kier alpha value is -1.18. The summed E-state index contributed by atoms with van der Waals surface area (Å²) in [6.07, 6.45) is 6.59. The Bertz CT molecular complexity index is 336. The smallest absolute Gasteiger partial charge is 0.120 e. The van der Waals surface area contributed by atoms with Gasteiger partial charge in [-0.3, -0.25) is 0 Å². The van der Waals surface area contributed by atoms with E-state index in [9.17, 15) is 0 Å². The fourth-order valence-corrected chi connectivity index (χ4v) is 1.87. The maximum atomic E-state index is 5.87. The van der Waals surface area contributed by atoms with Crippen LogP contribution in [-0.4, -0.2) is 6.10 Å². The van der Waals surface area contributed by atoms with Crippen molar-refractivity contribution in [2.24, 2.45) is 0 Å². The normalized spacial score (nSPS) is 12.4. The minimum Gasteiger partial charge on any atom is -0.491 e. The Morgan fingerprint density at radius 1 is 1.24 bits per heavy atom. The van der Waals surface area contributed by atoms with Crippen LogP contribution in [0.2, 0.25) is 0 Å². The largest absolute Gasteiger partial charge is 0.491 e. The summed E-state index contributed by atoms with van der Waals surface area (Å²) in [6, 6.07) is 5.87. The van der Waals surface area contributed by atoms with E-state index < -0.39 is 0 Å². The molecule has 0 spiro atoms. The Morgan fingerprint density at radius 3 is 2.65 bits per heavy atom. The number of anilines is 1. The highest BCUT2D eigenvalue weighted by Crippen LogP contribution is 2.20. The number of unbranched alkanes of at least 4 members (excludes halogenated alkanes) is 3. The van der Waals surface area contributed by atoms with Crippen molar-refractivity contribution in [3.8, 4) is 5.75 Å². The zero-order valence-corrected chi connectivity index (χ0v) is 11.3. The maximum Gasteiger partial charge on any atom is 0.120 e. The fraction of sp³-hybridized carbons (Fsp3) is 0.600. The molecule has 1 aromatic rings. The van der Waals surface area contributed by atoms with Gasteiger partial charge in [0.25, 0.3) is 0 Å². The lowest BCUT2D eigenvalue weighted by Gasteiger charge is -2.15. The number of hydrogen-bond acceptors (Lipinski definition) is 2. The van der Waals surface area contributed by atoms with Crippen molar-refractivity contribution in [3.63, 3.8) is 0 Å². The van der Waals surface area contributed by atoms with Gasteiger partial charge in [-0.05, 0) is 50.5 Å². The third kappa shape index (κ3) is 5.12. The van der Waals surface area contributed by atoms with Gasteiger partial charge in [0.1, 0.15) is 5.75 Å². The van der Waals surface area contributed by atoms with Crippen LogP contribution < -0.4 is 10.5 Å². The minimum absolute atomic E-state index is 0.287. The van der Waals surface area contributed by atoms with Gasteiger partial charge in [0, 0.05) is 5.69 Å². The number of ether oxygens (including phenoxy) is 1. The van der Waals surface area contributed by atoms with E-state index in [2.05, 4.69) is 13.8 Å². The van der Waals surface area contributed by atoms with E-state index in [-0.39, 0.29) is 6.10 Å². The van der Waals surface area contributed by atoms with Crippen molar-refractivity contribution in [2.75, 3.05) is 5.73 Å². The Labute approximate surface area is 105 Å². The average molecular weight is 235 g/mol. The van der Waals surface area contributed by atoms with Crippen molar-refractivity contribution in [3.05, 3.63) is 23.8 Å². The first-order valence-electron chi connectivity index (χ1n) is 6.66. The second-order valence-electron chi connectivity index (χ2n) is 4.80. The summed E-state index contributed by atoms with van der Waals surface area (Å²) < 4.78 is 5.87. The summed E-state index contributed by atoms with van der Waals surface area (Å²) in [5.74, 6) is 0.930. The molecule has 1 atom stereocenters. The van der Waals surface area contributed by atoms with Gasteiger partial charge in [0.2, 0.25) is 0 Å². The first-order valence-corrected chi connectivity index (χ1v) is 6.66. The summed E-state index contributed by atoms with van der Waals surface area (Å²) in [7, 11) is 0. The summed E-state index contributed by atoms with van der Waals surface area (Å²) in [5, 5.41) is 0. The summed E-state index contributed by atoms with van der Waals surface area (Å²) in [5.41, 5.74) is 7.69. The van der Waals surface area contributed by atoms with Gasteiger partial charge in [0.05, 0.1) is 6.10 Å². The predicted octanol–water partition coefficient (Wildman–Crippen LogP) is 4.31. The van der Waals surface area contributed by atoms with Crippen molar-refractivity contribution in [2.45, 2.75) is 59.0 Å². The molecule has 0 aliphatic rings. The highest BCUT2D eigenvalue weighted by atomic mass is 16.5. The molecular weight excluding hydrogens is 210 g/mol. The molecule has 0 aliphatic heterocycles. The van der Waals surface area contributed by atoms with Crippen LogP contribution in [0.25, 0.3) is 0 Å². The molecule has 1 rings (SSSR count). The van der Waals surface area contributed by atoms with Gasteiger partial charge in [-0.25, -0.2) is 0 Å². The van der Waals surface area contributed by atoms with Gasteiger partial charge in [0.15, 0.2) is 0 Å². The molecule has 0 aromatic heterocycles. The van der Waals surface area contributed by atoms with E-state index in [1.54, 1.807) is 0 Å². The van der Waals surface area contributed by atoms with Crippen LogP contribution in [0.1, 0.15) is 51.5 Å². The highest BCUT2D eigenvalue weighted by Gasteiger charge is 2.04. The molecule has 0 bridgehead atoms. The fourth-order valence-electron chi connectivity index (χ4n) is 1.87. The quantitative estimate of drug-likeness (QED) is 0.564. The Balaban J connectivity index is 2.34. The number of nitrogens with two attached hydrogens (primary N) is 1. The SMILES string of the molecule is CCCCCCC(C)Oc1ccc(N)c(C)c1. The van der Waals surface area contributed by atoms with Gasteiger partial charge >= 0.3 is 0 Å². The lowest BCUT2D eigenvalue weighted by atomic mass is 10.1. The van der Waals surface area contributed by atoms with Gasteiger partial charge < -0.3 is 10.5 Å². The molecule has 0 amide bonds. The molecule has 96 valence electrons. The molecule has 0 saturated carbocycles. The van der Waals surface area contributed by atoms with Crippen molar-refractivity contribution < 1.29 is 4.74 Å². The van der Waals surface area contributed by atoms with Crippen molar-refractivity contribution in [1.29, 1.82) is 0 Å². The van der Waals surface area contributed by atoms with Crippen LogP contribution in [0.5, 0.6) is 5.75 Å². The maximum absolute atomic E-state index is 5.87. The van der Waals surface area contributed by atoms with Crippen molar-refractivity contribution >= 4 is 5.69 Å². The number of nitrogen functional groups attached to an aromatic ring is 1. The molecule has 0 aliphatic carbocycles.